The van der Waals surface area contributed by atoms with E-state index in [2.05, 4.69) is 11.9 Å². The van der Waals surface area contributed by atoms with E-state index >= 15 is 0 Å². The molecule has 0 heterocycles. The Hall–Kier alpha value is -0.830. The molecule has 0 fully saturated rings. The molecule has 0 aliphatic rings. The molecule has 0 aliphatic carbocycles. The van der Waals surface area contributed by atoms with E-state index in [9.17, 15) is 4.79 Å². The fourth-order valence-electron chi connectivity index (χ4n) is 0.600. The molecule has 64 valence electrons. The van der Waals surface area contributed by atoms with Gasteiger partial charge in [-0.2, -0.15) is 0 Å². The zero-order valence-electron chi connectivity index (χ0n) is 7.02. The van der Waals surface area contributed by atoms with Gasteiger partial charge < -0.3 is 11.1 Å². The van der Waals surface area contributed by atoms with E-state index < -0.39 is 0 Å². The van der Waals surface area contributed by atoms with E-state index in [0.29, 0.717) is 19.5 Å². The van der Waals surface area contributed by atoms with Crippen LogP contribution < -0.4 is 11.1 Å². The van der Waals surface area contributed by atoms with Crippen molar-refractivity contribution in [3.8, 4) is 0 Å². The smallest absolute Gasteiger partial charge is 0.220 e. The van der Waals surface area contributed by atoms with Crippen molar-refractivity contribution in [2.75, 3.05) is 13.1 Å². The predicted octanol–water partition coefficient (Wildman–Crippen LogP) is 0.418. The minimum atomic E-state index is 0.0541. The second kappa shape index (κ2) is 5.92. The lowest BCUT2D eigenvalue weighted by atomic mass is 10.3. The van der Waals surface area contributed by atoms with Crippen LogP contribution in [0.2, 0.25) is 0 Å². The van der Waals surface area contributed by atoms with Crippen LogP contribution in [-0.4, -0.2) is 19.0 Å². The van der Waals surface area contributed by atoms with Crippen molar-refractivity contribution in [3.05, 3.63) is 12.2 Å². The molecule has 3 nitrogen and oxygen atoms in total. The number of hydrogen-bond donors (Lipinski definition) is 2. The molecule has 0 aromatic heterocycles. The Morgan fingerprint density at radius 3 is 2.73 bits per heavy atom. The quantitative estimate of drug-likeness (QED) is 0.567. The molecule has 0 rings (SSSR count). The summed E-state index contributed by atoms with van der Waals surface area (Å²) in [5, 5.41) is 2.72. The largest absolute Gasteiger partial charge is 0.352 e. The Balaban J connectivity index is 3.30. The van der Waals surface area contributed by atoms with Crippen molar-refractivity contribution < 1.29 is 4.79 Å². The molecule has 11 heavy (non-hydrogen) atoms. The summed E-state index contributed by atoms with van der Waals surface area (Å²) in [7, 11) is 0. The molecule has 0 saturated carbocycles. The third-order valence-electron chi connectivity index (χ3n) is 1.20. The molecule has 0 aromatic carbocycles. The Bertz CT molecular complexity index is 143. The van der Waals surface area contributed by atoms with Crippen molar-refractivity contribution in [2.24, 2.45) is 5.73 Å². The molecule has 0 unspecified atom stereocenters. The molecule has 1 amide bonds. The highest BCUT2D eigenvalue weighted by Crippen LogP contribution is 1.87. The van der Waals surface area contributed by atoms with Crippen LogP contribution in [0, 0.1) is 0 Å². The second-order valence-corrected chi connectivity index (χ2v) is 2.63. The number of carbonyl (C=O) groups is 1. The fraction of sp³-hybridized carbons (Fsp3) is 0.625. The van der Waals surface area contributed by atoms with E-state index in [1.54, 1.807) is 0 Å². The maximum Gasteiger partial charge on any atom is 0.220 e. The maximum atomic E-state index is 10.9. The first-order valence-corrected chi connectivity index (χ1v) is 3.78. The van der Waals surface area contributed by atoms with Crippen LogP contribution in [-0.2, 0) is 4.79 Å². The summed E-state index contributed by atoms with van der Waals surface area (Å²) in [5.74, 6) is 0.0541. The monoisotopic (exact) mass is 156 g/mol. The van der Waals surface area contributed by atoms with Gasteiger partial charge in [-0.3, -0.25) is 4.79 Å². The van der Waals surface area contributed by atoms with Crippen LogP contribution in [0.4, 0.5) is 0 Å². The van der Waals surface area contributed by atoms with Gasteiger partial charge in [0.15, 0.2) is 0 Å². The highest BCUT2D eigenvalue weighted by Gasteiger charge is 1.97. The highest BCUT2D eigenvalue weighted by molar-refractivity contribution is 5.76. The molecular formula is C8H16N2O. The summed E-state index contributed by atoms with van der Waals surface area (Å²) >= 11 is 0. The SMILES string of the molecule is C=C(C)CNC(=O)CCCN. The molecule has 0 atom stereocenters. The lowest BCUT2D eigenvalue weighted by molar-refractivity contribution is -0.120. The summed E-state index contributed by atoms with van der Waals surface area (Å²) < 4.78 is 0. The normalized spacial score (nSPS) is 9.27. The number of hydrogen-bond acceptors (Lipinski definition) is 2. The van der Waals surface area contributed by atoms with Gasteiger partial charge in [0.2, 0.25) is 5.91 Å². The van der Waals surface area contributed by atoms with E-state index in [0.717, 1.165) is 12.0 Å². The van der Waals surface area contributed by atoms with Gasteiger partial charge in [-0.15, -0.1) is 0 Å². The van der Waals surface area contributed by atoms with Crippen LogP contribution in [0.25, 0.3) is 0 Å². The zero-order chi connectivity index (χ0) is 8.69. The Morgan fingerprint density at radius 1 is 1.64 bits per heavy atom. The lowest BCUT2D eigenvalue weighted by Gasteiger charge is -2.02. The topological polar surface area (TPSA) is 55.1 Å². The number of nitrogens with one attached hydrogen (secondary N) is 1. The Morgan fingerprint density at radius 2 is 2.27 bits per heavy atom. The number of carbonyl (C=O) groups excluding carboxylic acids is 1. The molecule has 0 spiro atoms. The van der Waals surface area contributed by atoms with Gasteiger partial charge in [0.1, 0.15) is 0 Å². The third kappa shape index (κ3) is 7.06. The summed E-state index contributed by atoms with van der Waals surface area (Å²) in [6, 6.07) is 0. The summed E-state index contributed by atoms with van der Waals surface area (Å²) in [5.41, 5.74) is 6.20. The average Bonchev–Trinajstić information content (AvgIpc) is 1.97. The molecular weight excluding hydrogens is 140 g/mol. The highest BCUT2D eigenvalue weighted by atomic mass is 16.1. The van der Waals surface area contributed by atoms with Crippen molar-refractivity contribution in [2.45, 2.75) is 19.8 Å². The van der Waals surface area contributed by atoms with Crippen LogP contribution in [0.15, 0.2) is 12.2 Å². The van der Waals surface area contributed by atoms with Crippen LogP contribution in [0.1, 0.15) is 19.8 Å². The summed E-state index contributed by atoms with van der Waals surface area (Å²) in [6.45, 7) is 6.69. The van der Waals surface area contributed by atoms with Gasteiger partial charge in [-0.25, -0.2) is 0 Å². The fourth-order valence-corrected chi connectivity index (χ4v) is 0.600. The van der Waals surface area contributed by atoms with E-state index in [-0.39, 0.29) is 5.91 Å². The third-order valence-corrected chi connectivity index (χ3v) is 1.20. The van der Waals surface area contributed by atoms with Gasteiger partial charge >= 0.3 is 0 Å². The molecule has 0 saturated heterocycles. The minimum absolute atomic E-state index is 0.0541. The second-order valence-electron chi connectivity index (χ2n) is 2.63. The predicted molar refractivity (Wildman–Crippen MR) is 46.1 cm³/mol. The lowest BCUT2D eigenvalue weighted by Crippen LogP contribution is -2.25. The zero-order valence-corrected chi connectivity index (χ0v) is 7.02. The van der Waals surface area contributed by atoms with Gasteiger partial charge in [0, 0.05) is 13.0 Å². The first-order chi connectivity index (χ1) is 5.16. The molecule has 0 bridgehead atoms. The Labute approximate surface area is 67.7 Å². The van der Waals surface area contributed by atoms with Gasteiger partial charge in [-0.05, 0) is 19.9 Å². The average molecular weight is 156 g/mol. The maximum absolute atomic E-state index is 10.9. The molecule has 0 radical (unpaired) electrons. The summed E-state index contributed by atoms with van der Waals surface area (Å²) in [4.78, 5) is 10.9. The van der Waals surface area contributed by atoms with E-state index in [1.807, 2.05) is 6.92 Å². The first kappa shape index (κ1) is 10.2. The van der Waals surface area contributed by atoms with Gasteiger partial charge in [0.05, 0.1) is 0 Å². The minimum Gasteiger partial charge on any atom is -0.352 e. The molecule has 3 heteroatoms. The number of amides is 1. The van der Waals surface area contributed by atoms with Crippen molar-refractivity contribution in [1.29, 1.82) is 0 Å². The summed E-state index contributed by atoms with van der Waals surface area (Å²) in [6.07, 6.45) is 1.27. The van der Waals surface area contributed by atoms with Crippen LogP contribution >= 0.6 is 0 Å². The van der Waals surface area contributed by atoms with Crippen molar-refractivity contribution in [3.63, 3.8) is 0 Å². The van der Waals surface area contributed by atoms with Gasteiger partial charge in [0.25, 0.3) is 0 Å². The van der Waals surface area contributed by atoms with Crippen molar-refractivity contribution >= 4 is 5.91 Å². The Kier molecular flexibility index (Phi) is 5.47. The van der Waals surface area contributed by atoms with Crippen LogP contribution in [0.5, 0.6) is 0 Å². The number of rotatable bonds is 5. The van der Waals surface area contributed by atoms with Gasteiger partial charge in [-0.1, -0.05) is 12.2 Å². The molecule has 0 aromatic rings. The standard InChI is InChI=1S/C8H16N2O/c1-7(2)6-10-8(11)4-3-5-9/h1,3-6,9H2,2H3,(H,10,11). The number of nitrogens with two attached hydrogens (primary N) is 1. The molecule has 0 aliphatic heterocycles. The van der Waals surface area contributed by atoms with Crippen LogP contribution in [0.3, 0.4) is 0 Å². The van der Waals surface area contributed by atoms with E-state index in [1.165, 1.54) is 0 Å². The molecule has 3 N–H and O–H groups in total. The van der Waals surface area contributed by atoms with Crippen molar-refractivity contribution in [1.82, 2.24) is 5.32 Å². The van der Waals surface area contributed by atoms with E-state index in [4.69, 9.17) is 5.73 Å². The first-order valence-electron chi connectivity index (χ1n) is 3.78.